The highest BCUT2D eigenvalue weighted by Gasteiger charge is 2.23. The number of hydrogen-bond donors (Lipinski definition) is 4. The van der Waals surface area contributed by atoms with Crippen molar-refractivity contribution in [2.24, 2.45) is 4.99 Å². The third-order valence-corrected chi connectivity index (χ3v) is 5.82. The van der Waals surface area contributed by atoms with Crippen molar-refractivity contribution in [3.63, 3.8) is 0 Å². The fourth-order valence-corrected chi connectivity index (χ4v) is 3.92. The second-order valence-corrected chi connectivity index (χ2v) is 12.1. The van der Waals surface area contributed by atoms with Crippen molar-refractivity contribution in [1.82, 2.24) is 16.0 Å². The second kappa shape index (κ2) is 15.1. The number of carbonyl (C=O) groups is 5. The topological polar surface area (TPSA) is 164 Å². The molecule has 3 aromatic carbocycles. The molecule has 0 aliphatic carbocycles. The molecule has 12 nitrogen and oxygen atoms in total. The molecule has 4 amide bonds. The summed E-state index contributed by atoms with van der Waals surface area (Å²) >= 11 is 0. The van der Waals surface area contributed by atoms with E-state index in [9.17, 15) is 28.4 Å². The van der Waals surface area contributed by atoms with Crippen LogP contribution in [0.4, 0.5) is 19.7 Å². The Labute approximate surface area is 266 Å². The predicted molar refractivity (Wildman–Crippen MR) is 171 cm³/mol. The molecule has 0 atom stereocenters. The molecule has 0 radical (unpaired) electrons. The molecule has 0 bridgehead atoms. The number of nitrogens with zero attached hydrogens (tertiary/aromatic N) is 1. The van der Waals surface area contributed by atoms with Crippen LogP contribution in [-0.2, 0) is 14.3 Å². The summed E-state index contributed by atoms with van der Waals surface area (Å²) in [4.78, 5) is 67.2. The van der Waals surface area contributed by atoms with E-state index in [0.29, 0.717) is 5.56 Å². The van der Waals surface area contributed by atoms with Crippen molar-refractivity contribution in [3.8, 4) is 0 Å². The van der Waals surface area contributed by atoms with E-state index in [1.165, 1.54) is 6.07 Å². The highest BCUT2D eigenvalue weighted by atomic mass is 19.1. The van der Waals surface area contributed by atoms with Crippen LogP contribution < -0.4 is 21.3 Å². The number of carbonyl (C=O) groups excluding carboxylic acids is 5. The minimum Gasteiger partial charge on any atom is -0.444 e. The first-order chi connectivity index (χ1) is 21.5. The van der Waals surface area contributed by atoms with Gasteiger partial charge in [-0.1, -0.05) is 30.3 Å². The predicted octanol–water partition coefficient (Wildman–Crippen LogP) is 5.33. The van der Waals surface area contributed by atoms with Crippen molar-refractivity contribution in [3.05, 3.63) is 77.6 Å². The molecule has 13 heteroatoms. The number of rotatable bonds is 8. The third kappa shape index (κ3) is 11.3. The lowest BCUT2D eigenvalue weighted by molar-refractivity contribution is -0.117. The molecule has 0 spiro atoms. The number of ether oxygens (including phenoxy) is 2. The van der Waals surface area contributed by atoms with Crippen LogP contribution in [0, 0.1) is 5.82 Å². The molecule has 0 saturated carbocycles. The highest BCUT2D eigenvalue weighted by molar-refractivity contribution is 6.44. The average molecular weight is 636 g/mol. The summed E-state index contributed by atoms with van der Waals surface area (Å²) in [5.41, 5.74) is -1.66. The van der Waals surface area contributed by atoms with Crippen molar-refractivity contribution < 1.29 is 37.8 Å². The standard InChI is InChI=1S/C33H38FN5O7/c1-32(2,3)45-30(43)38-29(39-31(44)46-33(4,5)6)36-17-9-16-35-28(42)26(40)24-19-23(34)14-15-25(24)37-27(41)22-13-12-20-10-7-8-11-21(20)18-22/h7-8,10-15,18-19H,9,16-17H2,1-6H3,(H,35,42)(H,37,41)(H2,36,38,39,43,44). The van der Waals surface area contributed by atoms with Crippen LogP contribution in [-0.4, -0.2) is 60.0 Å². The van der Waals surface area contributed by atoms with E-state index < -0.39 is 46.8 Å². The van der Waals surface area contributed by atoms with Gasteiger partial charge in [0, 0.05) is 18.7 Å². The SMILES string of the molecule is CC(C)(C)OC(=O)NC(=NCCCNC(=O)C(=O)c1cc(F)ccc1NC(=O)c1ccc2ccccc2c1)NC(=O)OC(C)(C)C. The first-order valence-electron chi connectivity index (χ1n) is 14.5. The Morgan fingerprint density at radius 3 is 2.00 bits per heavy atom. The number of alkyl carbamates (subject to hydrolysis) is 2. The number of hydrogen-bond acceptors (Lipinski definition) is 8. The van der Waals surface area contributed by atoms with E-state index >= 15 is 0 Å². The zero-order chi connectivity index (χ0) is 34.1. The van der Waals surface area contributed by atoms with Gasteiger partial charge in [-0.15, -0.1) is 0 Å². The van der Waals surface area contributed by atoms with Crippen LogP contribution in [0.15, 0.2) is 65.7 Å². The zero-order valence-electron chi connectivity index (χ0n) is 26.6. The van der Waals surface area contributed by atoms with E-state index in [1.807, 2.05) is 24.3 Å². The fraction of sp³-hybridized carbons (Fsp3) is 0.333. The van der Waals surface area contributed by atoms with Gasteiger partial charge in [-0.2, -0.15) is 0 Å². The van der Waals surface area contributed by atoms with Gasteiger partial charge in [-0.3, -0.25) is 30.0 Å². The second-order valence-electron chi connectivity index (χ2n) is 12.1. The van der Waals surface area contributed by atoms with Crippen LogP contribution in [0.3, 0.4) is 0 Å². The Hall–Kier alpha value is -5.33. The normalized spacial score (nSPS) is 11.2. The van der Waals surface area contributed by atoms with Crippen LogP contribution in [0.2, 0.25) is 0 Å². The highest BCUT2D eigenvalue weighted by Crippen LogP contribution is 2.21. The maximum Gasteiger partial charge on any atom is 0.414 e. The van der Waals surface area contributed by atoms with Crippen molar-refractivity contribution >= 4 is 52.2 Å². The summed E-state index contributed by atoms with van der Waals surface area (Å²) < 4.78 is 24.5. The van der Waals surface area contributed by atoms with Gasteiger partial charge in [0.25, 0.3) is 17.6 Å². The molecule has 0 aromatic heterocycles. The number of benzene rings is 3. The van der Waals surface area contributed by atoms with Crippen molar-refractivity contribution in [2.75, 3.05) is 18.4 Å². The van der Waals surface area contributed by atoms with Gasteiger partial charge < -0.3 is 20.1 Å². The van der Waals surface area contributed by atoms with Gasteiger partial charge in [-0.25, -0.2) is 14.0 Å². The van der Waals surface area contributed by atoms with E-state index in [4.69, 9.17) is 9.47 Å². The van der Waals surface area contributed by atoms with Crippen molar-refractivity contribution in [2.45, 2.75) is 59.2 Å². The molecule has 0 heterocycles. The number of halogens is 1. The molecule has 0 unspecified atom stereocenters. The molecular formula is C33H38FN5O7. The number of nitrogens with one attached hydrogen (secondary N) is 4. The first-order valence-corrected chi connectivity index (χ1v) is 14.5. The van der Waals surface area contributed by atoms with Gasteiger partial charge in [0.2, 0.25) is 5.96 Å². The van der Waals surface area contributed by atoms with Gasteiger partial charge in [0.05, 0.1) is 11.3 Å². The van der Waals surface area contributed by atoms with Crippen molar-refractivity contribution in [1.29, 1.82) is 0 Å². The quantitative estimate of drug-likeness (QED) is 0.0855. The lowest BCUT2D eigenvalue weighted by Crippen LogP contribution is -2.47. The fourth-order valence-electron chi connectivity index (χ4n) is 3.92. The van der Waals surface area contributed by atoms with Crippen LogP contribution >= 0.6 is 0 Å². The summed E-state index contributed by atoms with van der Waals surface area (Å²) in [5, 5.41) is 11.5. The van der Waals surface area contributed by atoms with E-state index in [0.717, 1.165) is 22.9 Å². The number of fused-ring (bicyclic) bond motifs is 1. The van der Waals surface area contributed by atoms with Gasteiger partial charge in [0.15, 0.2) is 0 Å². The molecular weight excluding hydrogens is 597 g/mol. The lowest BCUT2D eigenvalue weighted by Gasteiger charge is -2.22. The monoisotopic (exact) mass is 635 g/mol. The Kier molecular flexibility index (Phi) is 11.5. The number of guanidine groups is 1. The maximum absolute atomic E-state index is 14.1. The minimum atomic E-state index is -1.06. The average Bonchev–Trinajstić information content (AvgIpc) is 2.95. The number of anilines is 1. The maximum atomic E-state index is 14.1. The Bertz CT molecular complexity index is 1630. The molecule has 0 fully saturated rings. The van der Waals surface area contributed by atoms with Gasteiger partial charge in [0.1, 0.15) is 17.0 Å². The molecule has 0 saturated heterocycles. The Morgan fingerprint density at radius 2 is 1.39 bits per heavy atom. The molecule has 244 valence electrons. The van der Waals surface area contributed by atoms with Crippen LogP contribution in [0.5, 0.6) is 0 Å². The minimum absolute atomic E-state index is 0.00241. The summed E-state index contributed by atoms with van der Waals surface area (Å²) in [7, 11) is 0. The number of amides is 4. The smallest absolute Gasteiger partial charge is 0.414 e. The number of ketones is 1. The Morgan fingerprint density at radius 1 is 0.783 bits per heavy atom. The molecule has 3 aromatic rings. The van der Waals surface area contributed by atoms with Gasteiger partial charge in [-0.05, 0) is 89.1 Å². The third-order valence-electron chi connectivity index (χ3n) is 5.82. The van der Waals surface area contributed by atoms with E-state index in [1.54, 1.807) is 59.7 Å². The summed E-state index contributed by atoms with van der Waals surface area (Å²) in [6.45, 7) is 9.97. The molecule has 0 aliphatic heterocycles. The first kappa shape index (κ1) is 35.2. The van der Waals surface area contributed by atoms with Crippen LogP contribution in [0.25, 0.3) is 10.8 Å². The molecule has 46 heavy (non-hydrogen) atoms. The summed E-state index contributed by atoms with van der Waals surface area (Å²) in [6, 6.07) is 15.7. The lowest BCUT2D eigenvalue weighted by atomic mass is 10.0. The number of Topliss-reactive ketones (excluding diaryl/α,β-unsaturated/α-hetero) is 1. The number of aliphatic imine (C=N–C) groups is 1. The summed E-state index contributed by atoms with van der Waals surface area (Å²) in [5.74, 6) is -3.64. The molecule has 4 N–H and O–H groups in total. The zero-order valence-corrected chi connectivity index (χ0v) is 26.6. The van der Waals surface area contributed by atoms with E-state index in [-0.39, 0.29) is 36.7 Å². The van der Waals surface area contributed by atoms with Gasteiger partial charge >= 0.3 is 12.2 Å². The Balaban J connectivity index is 1.62. The molecule has 3 rings (SSSR count). The largest absolute Gasteiger partial charge is 0.444 e. The van der Waals surface area contributed by atoms with Crippen LogP contribution in [0.1, 0.15) is 68.7 Å². The summed E-state index contributed by atoms with van der Waals surface area (Å²) in [6.07, 6.45) is -1.54. The van der Waals surface area contributed by atoms with E-state index in [2.05, 4.69) is 26.3 Å². The molecule has 0 aliphatic rings.